The third kappa shape index (κ3) is 6.89. The first-order chi connectivity index (χ1) is 13.6. The van der Waals surface area contributed by atoms with Crippen molar-refractivity contribution in [3.8, 4) is 0 Å². The summed E-state index contributed by atoms with van der Waals surface area (Å²) in [6.07, 6.45) is 2.47. The molecule has 9 heteroatoms. The van der Waals surface area contributed by atoms with Crippen molar-refractivity contribution in [2.45, 2.75) is 78.0 Å². The van der Waals surface area contributed by atoms with Crippen LogP contribution in [0.4, 0.5) is 4.79 Å². The third-order valence-corrected chi connectivity index (χ3v) is 4.97. The zero-order valence-electron chi connectivity index (χ0n) is 18.0. The van der Waals surface area contributed by atoms with Gasteiger partial charge in [-0.25, -0.2) is 9.78 Å². The fourth-order valence-electron chi connectivity index (χ4n) is 3.09. The van der Waals surface area contributed by atoms with Gasteiger partial charge >= 0.3 is 6.09 Å². The molecule has 0 radical (unpaired) electrons. The first-order valence-electron chi connectivity index (χ1n) is 10.3. The summed E-state index contributed by atoms with van der Waals surface area (Å²) in [6, 6.07) is -0.230. The lowest BCUT2D eigenvalue weighted by Gasteiger charge is -2.39. The molecular weight excluding hydrogens is 396 g/mol. The van der Waals surface area contributed by atoms with Crippen LogP contribution in [0.1, 0.15) is 70.2 Å². The zero-order chi connectivity index (χ0) is 21.6. The van der Waals surface area contributed by atoms with Gasteiger partial charge in [0.25, 0.3) is 5.91 Å². The second kappa shape index (κ2) is 10.3. The number of carbonyl (C=O) groups excluding carboxylic acids is 2. The van der Waals surface area contributed by atoms with Crippen molar-refractivity contribution >= 4 is 23.6 Å². The van der Waals surface area contributed by atoms with Crippen LogP contribution in [-0.4, -0.2) is 64.3 Å². The van der Waals surface area contributed by atoms with E-state index in [9.17, 15) is 9.59 Å². The molecule has 2 N–H and O–H groups in total. The highest BCUT2D eigenvalue weighted by Crippen LogP contribution is 2.19. The highest BCUT2D eigenvalue weighted by atomic mass is 35.5. The second-order valence-electron chi connectivity index (χ2n) is 8.27. The number of hydrogen-bond donors (Lipinski definition) is 2. The van der Waals surface area contributed by atoms with E-state index >= 15 is 0 Å². The molecule has 2 amide bonds. The second-order valence-corrected chi connectivity index (χ2v) is 8.62. The predicted molar refractivity (Wildman–Crippen MR) is 111 cm³/mol. The number of piperidine rings is 1. The number of nitrogens with one attached hydrogen (secondary N) is 2. The van der Waals surface area contributed by atoms with E-state index in [0.29, 0.717) is 37.7 Å². The van der Waals surface area contributed by atoms with Crippen LogP contribution >= 0.6 is 11.6 Å². The molecule has 2 heterocycles. The van der Waals surface area contributed by atoms with Crippen LogP contribution in [0.3, 0.4) is 0 Å². The molecular formula is C20H33ClN4O4. The van der Waals surface area contributed by atoms with Crippen molar-refractivity contribution in [2.24, 2.45) is 0 Å². The van der Waals surface area contributed by atoms with Crippen LogP contribution in [0.2, 0.25) is 5.15 Å². The SMILES string of the molecule is CCCCO[C@@H]1CN(C(=O)OC(C)(C)C)CC[C@@H]1NC(=O)c1nc(Cl)c(CC)[nH]1. The molecule has 8 nitrogen and oxygen atoms in total. The number of aromatic amines is 1. The summed E-state index contributed by atoms with van der Waals surface area (Å²) in [6.45, 7) is 11.0. The van der Waals surface area contributed by atoms with Gasteiger partial charge in [-0.15, -0.1) is 0 Å². The maximum absolute atomic E-state index is 12.6. The monoisotopic (exact) mass is 428 g/mol. The van der Waals surface area contributed by atoms with E-state index in [4.69, 9.17) is 21.1 Å². The average Bonchev–Trinajstić information content (AvgIpc) is 3.02. The van der Waals surface area contributed by atoms with Gasteiger partial charge in [0.05, 0.1) is 24.4 Å². The lowest BCUT2D eigenvalue weighted by atomic mass is 10.0. The number of H-pyrrole nitrogens is 1. The molecule has 0 spiro atoms. The summed E-state index contributed by atoms with van der Waals surface area (Å²) in [5.41, 5.74) is 0.170. The Balaban J connectivity index is 2.04. The molecule has 0 aliphatic carbocycles. The number of carbonyl (C=O) groups is 2. The summed E-state index contributed by atoms with van der Waals surface area (Å²) in [7, 11) is 0. The Kier molecular flexibility index (Phi) is 8.34. The Morgan fingerprint density at radius 3 is 2.66 bits per heavy atom. The standard InChI is InChI=1S/C20H33ClN4O4/c1-6-8-11-28-15-12-25(19(27)29-20(3,4)5)10-9-14(15)23-18(26)17-22-13(7-2)16(21)24-17/h14-15H,6-12H2,1-5H3,(H,22,24)(H,23,26)/t14-,15+/m0/s1. The molecule has 0 unspecified atom stereocenters. The maximum Gasteiger partial charge on any atom is 0.410 e. The van der Waals surface area contributed by atoms with Gasteiger partial charge in [0.2, 0.25) is 0 Å². The summed E-state index contributed by atoms with van der Waals surface area (Å²) in [4.78, 5) is 33.8. The molecule has 0 saturated carbocycles. The summed E-state index contributed by atoms with van der Waals surface area (Å²) in [5, 5.41) is 3.30. The van der Waals surface area contributed by atoms with Gasteiger partial charge < -0.3 is 24.7 Å². The van der Waals surface area contributed by atoms with Gasteiger partial charge in [0, 0.05) is 13.2 Å². The van der Waals surface area contributed by atoms with Gasteiger partial charge in [-0.05, 0) is 40.0 Å². The Labute approximate surface area is 177 Å². The number of hydrogen-bond acceptors (Lipinski definition) is 5. The van der Waals surface area contributed by atoms with Crippen molar-refractivity contribution in [3.63, 3.8) is 0 Å². The fourth-order valence-corrected chi connectivity index (χ4v) is 3.35. The highest BCUT2D eigenvalue weighted by molar-refractivity contribution is 6.30. The number of unbranched alkanes of at least 4 members (excludes halogenated alkanes) is 1. The fraction of sp³-hybridized carbons (Fsp3) is 0.750. The van der Waals surface area contributed by atoms with Crippen LogP contribution in [0.25, 0.3) is 0 Å². The first kappa shape index (κ1) is 23.5. The van der Waals surface area contributed by atoms with E-state index in [0.717, 1.165) is 18.5 Å². The molecule has 0 bridgehead atoms. The zero-order valence-corrected chi connectivity index (χ0v) is 18.8. The molecule has 1 aliphatic heterocycles. The first-order valence-corrected chi connectivity index (χ1v) is 10.7. The third-order valence-electron chi connectivity index (χ3n) is 4.65. The van der Waals surface area contributed by atoms with Crippen molar-refractivity contribution in [1.82, 2.24) is 20.2 Å². The molecule has 1 aromatic rings. The molecule has 1 aliphatic rings. The summed E-state index contributed by atoms with van der Waals surface area (Å²) >= 11 is 6.05. The Morgan fingerprint density at radius 2 is 2.07 bits per heavy atom. The van der Waals surface area contributed by atoms with Crippen LogP contribution < -0.4 is 5.32 Å². The van der Waals surface area contributed by atoms with Crippen LogP contribution in [-0.2, 0) is 15.9 Å². The number of imidazole rings is 1. The van der Waals surface area contributed by atoms with Crippen LogP contribution in [0, 0.1) is 0 Å². The van der Waals surface area contributed by atoms with Gasteiger partial charge in [-0.3, -0.25) is 4.79 Å². The van der Waals surface area contributed by atoms with Gasteiger partial charge in [0.1, 0.15) is 5.60 Å². The van der Waals surface area contributed by atoms with E-state index in [2.05, 4.69) is 22.2 Å². The smallest absolute Gasteiger partial charge is 0.410 e. The molecule has 1 aromatic heterocycles. The van der Waals surface area contributed by atoms with E-state index in [-0.39, 0.29) is 30.0 Å². The predicted octanol–water partition coefficient (Wildman–Crippen LogP) is 3.55. The number of aromatic nitrogens is 2. The molecule has 29 heavy (non-hydrogen) atoms. The summed E-state index contributed by atoms with van der Waals surface area (Å²) < 4.78 is 11.5. The van der Waals surface area contributed by atoms with Crippen LogP contribution in [0.5, 0.6) is 0 Å². The van der Waals surface area contributed by atoms with Crippen molar-refractivity contribution in [1.29, 1.82) is 0 Å². The molecule has 1 fully saturated rings. The Bertz CT molecular complexity index is 701. The van der Waals surface area contributed by atoms with E-state index < -0.39 is 5.60 Å². The van der Waals surface area contributed by atoms with Gasteiger partial charge in [-0.1, -0.05) is 31.9 Å². The average molecular weight is 429 g/mol. The number of aryl methyl sites for hydroxylation is 1. The lowest BCUT2D eigenvalue weighted by Crippen LogP contribution is -2.57. The Morgan fingerprint density at radius 1 is 1.34 bits per heavy atom. The van der Waals surface area contributed by atoms with Crippen molar-refractivity contribution in [3.05, 3.63) is 16.7 Å². The molecule has 164 valence electrons. The van der Waals surface area contributed by atoms with Crippen molar-refractivity contribution < 1.29 is 19.1 Å². The van der Waals surface area contributed by atoms with Gasteiger partial charge in [0.15, 0.2) is 11.0 Å². The molecule has 0 aromatic carbocycles. The Hall–Kier alpha value is -1.80. The quantitative estimate of drug-likeness (QED) is 0.647. The number of likely N-dealkylation sites (tertiary alicyclic amines) is 1. The minimum Gasteiger partial charge on any atom is -0.444 e. The minimum atomic E-state index is -0.559. The largest absolute Gasteiger partial charge is 0.444 e. The van der Waals surface area contributed by atoms with Gasteiger partial charge in [-0.2, -0.15) is 0 Å². The highest BCUT2D eigenvalue weighted by Gasteiger charge is 2.35. The molecule has 2 atom stereocenters. The molecule has 2 rings (SSSR count). The lowest BCUT2D eigenvalue weighted by molar-refractivity contribution is -0.0339. The van der Waals surface area contributed by atoms with E-state index in [1.54, 1.807) is 4.90 Å². The van der Waals surface area contributed by atoms with Crippen LogP contribution in [0.15, 0.2) is 0 Å². The van der Waals surface area contributed by atoms with E-state index in [1.807, 2.05) is 27.7 Å². The molecule has 1 saturated heterocycles. The van der Waals surface area contributed by atoms with E-state index in [1.165, 1.54) is 0 Å². The number of rotatable bonds is 7. The van der Waals surface area contributed by atoms with Crippen molar-refractivity contribution in [2.75, 3.05) is 19.7 Å². The number of halogens is 1. The maximum atomic E-state index is 12.6. The number of amides is 2. The number of nitrogens with zero attached hydrogens (tertiary/aromatic N) is 2. The number of ether oxygens (including phenoxy) is 2. The topological polar surface area (TPSA) is 96.6 Å². The normalized spacial score (nSPS) is 19.9. The minimum absolute atomic E-state index is 0.189. The summed E-state index contributed by atoms with van der Waals surface area (Å²) in [5.74, 6) is -0.139.